The maximum absolute atomic E-state index is 14.0. The smallest absolute Gasteiger partial charge is 0.407 e. The molecule has 5 aromatic rings. The van der Waals surface area contributed by atoms with E-state index in [1.165, 1.54) is 14.2 Å². The molecule has 2 aromatic heterocycles. The van der Waals surface area contributed by atoms with Crippen LogP contribution in [0, 0.1) is 5.92 Å². The SMILES string of the molecule is COC(=O)N[C@H](C(=O)N1[C@@H](C)CC[C@H]1c1nc2c(ccc3cc4c(cc32)OCc2cc(-c3cnc([C@@H]5CCC(C)N5C(=O)CC(C)C)[nH]3)ccc2-4)[nH]1)[C@@H](C)OC. The summed E-state index contributed by atoms with van der Waals surface area (Å²) in [6, 6.07) is 13.7. The Balaban J connectivity index is 1.06. The molecule has 3 amide bonds. The zero-order valence-corrected chi connectivity index (χ0v) is 33.1. The standard InChI is InChI=1S/C43H51N7O6/c1-22(2)16-37(51)49-23(3)8-14-34(49)40-44-20-33(46-40)27-10-12-29-28(17-27)21-56-36-19-30-26(18-31(29)36)11-13-32-39(30)47-41(45-32)35-15-9-24(4)50(35)42(52)38(25(5)54-6)48-43(53)55-7/h10-13,17-20,22-25,34-35,38H,8-9,14-16,21H2,1-7H3,(H,44,46)(H,45,47)(H,48,53)/t23?,24-,25+,34-,35-,38-/m0/s1. The summed E-state index contributed by atoms with van der Waals surface area (Å²) in [5, 5.41) is 4.65. The first-order chi connectivity index (χ1) is 26.9. The van der Waals surface area contributed by atoms with Crippen LogP contribution in [0.15, 0.2) is 48.7 Å². The van der Waals surface area contributed by atoms with Crippen LogP contribution in [-0.4, -0.2) is 86.1 Å². The number of carbonyl (C=O) groups excluding carboxylic acids is 3. The van der Waals surface area contributed by atoms with Crippen LogP contribution in [0.3, 0.4) is 0 Å². The van der Waals surface area contributed by atoms with Gasteiger partial charge in [0.2, 0.25) is 11.8 Å². The monoisotopic (exact) mass is 761 g/mol. The van der Waals surface area contributed by atoms with E-state index in [9.17, 15) is 14.4 Å². The van der Waals surface area contributed by atoms with Gasteiger partial charge >= 0.3 is 6.09 Å². The van der Waals surface area contributed by atoms with Crippen molar-refractivity contribution < 1.29 is 28.6 Å². The molecule has 2 saturated heterocycles. The fraction of sp³-hybridized carbons (Fsp3) is 0.465. The van der Waals surface area contributed by atoms with Gasteiger partial charge in [0.05, 0.1) is 48.2 Å². The van der Waals surface area contributed by atoms with Crippen molar-refractivity contribution in [2.75, 3.05) is 14.2 Å². The topological polar surface area (TPSA) is 155 Å². The van der Waals surface area contributed by atoms with E-state index in [-0.39, 0.29) is 36.0 Å². The van der Waals surface area contributed by atoms with Gasteiger partial charge in [-0.15, -0.1) is 0 Å². The number of alkyl carbamates (subject to hydrolysis) is 1. The molecule has 3 aromatic carbocycles. The highest BCUT2D eigenvalue weighted by Gasteiger charge is 2.42. The highest BCUT2D eigenvalue weighted by molar-refractivity contribution is 6.07. The molecule has 1 unspecified atom stereocenters. The molecule has 56 heavy (non-hydrogen) atoms. The Labute approximate surface area is 326 Å². The van der Waals surface area contributed by atoms with E-state index in [2.05, 4.69) is 72.5 Å². The Hall–Kier alpha value is -5.43. The predicted molar refractivity (Wildman–Crippen MR) is 213 cm³/mol. The molecule has 0 bridgehead atoms. The molecule has 0 saturated carbocycles. The first-order valence-electron chi connectivity index (χ1n) is 19.7. The number of aromatic amines is 2. The summed E-state index contributed by atoms with van der Waals surface area (Å²) in [5.41, 5.74) is 6.83. The maximum Gasteiger partial charge on any atom is 0.407 e. The lowest BCUT2D eigenvalue weighted by Crippen LogP contribution is -2.55. The van der Waals surface area contributed by atoms with Crippen LogP contribution in [0.4, 0.5) is 4.79 Å². The normalized spacial score (nSPS) is 21.6. The Bertz CT molecular complexity index is 2310. The lowest BCUT2D eigenvalue weighted by Gasteiger charge is -2.33. The van der Waals surface area contributed by atoms with Gasteiger partial charge in [0.25, 0.3) is 0 Å². The number of benzene rings is 3. The van der Waals surface area contributed by atoms with Crippen molar-refractivity contribution in [1.82, 2.24) is 35.1 Å². The molecule has 8 rings (SSSR count). The van der Waals surface area contributed by atoms with Gasteiger partial charge in [0.15, 0.2) is 0 Å². The second-order valence-electron chi connectivity index (χ2n) is 16.1. The Morgan fingerprint density at radius 3 is 2.39 bits per heavy atom. The first kappa shape index (κ1) is 37.5. The number of likely N-dealkylation sites (tertiary alicyclic amines) is 2. The fourth-order valence-electron chi connectivity index (χ4n) is 8.90. The number of nitrogens with zero attached hydrogens (tertiary/aromatic N) is 4. The number of hydrogen-bond donors (Lipinski definition) is 3. The predicted octanol–water partition coefficient (Wildman–Crippen LogP) is 7.58. The third-order valence-electron chi connectivity index (χ3n) is 11.9. The molecule has 294 valence electrons. The molecule has 6 atom stereocenters. The van der Waals surface area contributed by atoms with Crippen LogP contribution in [0.1, 0.15) is 96.0 Å². The highest BCUT2D eigenvalue weighted by atomic mass is 16.5. The van der Waals surface area contributed by atoms with Crippen molar-refractivity contribution in [3.63, 3.8) is 0 Å². The third-order valence-corrected chi connectivity index (χ3v) is 11.9. The number of imidazole rings is 2. The molecule has 2 fully saturated rings. The lowest BCUT2D eigenvalue weighted by atomic mass is 9.92. The van der Waals surface area contributed by atoms with Crippen molar-refractivity contribution in [2.24, 2.45) is 5.92 Å². The molecule has 3 aliphatic heterocycles. The Morgan fingerprint density at radius 1 is 0.911 bits per heavy atom. The summed E-state index contributed by atoms with van der Waals surface area (Å²) in [5.74, 6) is 2.58. The van der Waals surface area contributed by atoms with Crippen molar-refractivity contribution in [3.05, 3.63) is 65.9 Å². The van der Waals surface area contributed by atoms with Gasteiger partial charge in [-0.25, -0.2) is 14.8 Å². The number of aromatic nitrogens is 4. The van der Waals surface area contributed by atoms with E-state index in [0.29, 0.717) is 24.8 Å². The second kappa shape index (κ2) is 14.9. The molecule has 0 aliphatic carbocycles. The van der Waals surface area contributed by atoms with Crippen LogP contribution in [-0.2, 0) is 25.7 Å². The van der Waals surface area contributed by atoms with E-state index in [0.717, 1.165) is 87.0 Å². The van der Waals surface area contributed by atoms with Crippen molar-refractivity contribution >= 4 is 39.7 Å². The second-order valence-corrected chi connectivity index (χ2v) is 16.1. The third kappa shape index (κ3) is 6.65. The summed E-state index contributed by atoms with van der Waals surface area (Å²) in [7, 11) is 2.78. The van der Waals surface area contributed by atoms with Gasteiger partial charge < -0.3 is 39.3 Å². The van der Waals surface area contributed by atoms with Crippen LogP contribution in [0.25, 0.3) is 44.2 Å². The van der Waals surface area contributed by atoms with E-state index in [1.807, 2.05) is 29.0 Å². The number of ether oxygens (including phenoxy) is 3. The summed E-state index contributed by atoms with van der Waals surface area (Å²) in [6.45, 7) is 10.5. The molecule has 5 heterocycles. The van der Waals surface area contributed by atoms with Crippen molar-refractivity contribution in [2.45, 2.75) is 110 Å². The molecule has 3 aliphatic rings. The quantitative estimate of drug-likeness (QED) is 0.139. The van der Waals surface area contributed by atoms with Gasteiger partial charge in [0.1, 0.15) is 30.0 Å². The van der Waals surface area contributed by atoms with E-state index < -0.39 is 18.2 Å². The first-order valence-corrected chi connectivity index (χ1v) is 19.7. The van der Waals surface area contributed by atoms with Crippen LogP contribution >= 0.6 is 0 Å². The molecule has 3 N–H and O–H groups in total. The average molecular weight is 762 g/mol. The number of fused-ring (bicyclic) bond motifs is 6. The zero-order valence-electron chi connectivity index (χ0n) is 33.1. The number of carbonyl (C=O) groups is 3. The molecule has 13 nitrogen and oxygen atoms in total. The number of methoxy groups -OCH3 is 2. The minimum absolute atomic E-state index is 0.0428. The average Bonchev–Trinajstić information content (AvgIpc) is 4.00. The molecular formula is C43H51N7O6. The Morgan fingerprint density at radius 2 is 1.66 bits per heavy atom. The van der Waals surface area contributed by atoms with Crippen LogP contribution in [0.5, 0.6) is 5.75 Å². The number of hydrogen-bond acceptors (Lipinski definition) is 8. The van der Waals surface area contributed by atoms with Gasteiger partial charge in [-0.3, -0.25) is 9.59 Å². The minimum Gasteiger partial charge on any atom is -0.488 e. The summed E-state index contributed by atoms with van der Waals surface area (Å²) < 4.78 is 16.7. The van der Waals surface area contributed by atoms with Crippen LogP contribution in [0.2, 0.25) is 0 Å². The highest BCUT2D eigenvalue weighted by Crippen LogP contribution is 2.44. The summed E-state index contributed by atoms with van der Waals surface area (Å²) >= 11 is 0. The lowest BCUT2D eigenvalue weighted by molar-refractivity contribution is -0.139. The summed E-state index contributed by atoms with van der Waals surface area (Å²) in [6.07, 6.45) is 4.54. The number of H-pyrrole nitrogens is 2. The van der Waals surface area contributed by atoms with E-state index in [1.54, 1.807) is 6.92 Å². The van der Waals surface area contributed by atoms with Crippen molar-refractivity contribution in [3.8, 4) is 28.1 Å². The number of nitrogens with one attached hydrogen (secondary N) is 3. The molecule has 0 spiro atoms. The van der Waals surface area contributed by atoms with Gasteiger partial charge in [0, 0.05) is 36.6 Å². The largest absolute Gasteiger partial charge is 0.488 e. The van der Waals surface area contributed by atoms with Gasteiger partial charge in [-0.05, 0) is 98.7 Å². The van der Waals surface area contributed by atoms with Crippen LogP contribution < -0.4 is 10.1 Å². The zero-order chi connectivity index (χ0) is 39.4. The molecule has 13 heteroatoms. The minimum atomic E-state index is -0.918. The maximum atomic E-state index is 14.0. The fourth-order valence-corrected chi connectivity index (χ4v) is 8.90. The van der Waals surface area contributed by atoms with E-state index in [4.69, 9.17) is 24.2 Å². The van der Waals surface area contributed by atoms with Gasteiger partial charge in [-0.1, -0.05) is 32.0 Å². The summed E-state index contributed by atoms with van der Waals surface area (Å²) in [4.78, 5) is 60.1. The number of amides is 3. The Kier molecular flexibility index (Phi) is 9.98. The van der Waals surface area contributed by atoms with Crippen molar-refractivity contribution in [1.29, 1.82) is 0 Å². The number of rotatable bonds is 9. The molecular weight excluding hydrogens is 711 g/mol. The van der Waals surface area contributed by atoms with E-state index >= 15 is 0 Å². The molecule has 0 radical (unpaired) electrons. The van der Waals surface area contributed by atoms with Gasteiger partial charge in [-0.2, -0.15) is 0 Å².